The van der Waals surface area contributed by atoms with Gasteiger partial charge in [-0.3, -0.25) is 4.55 Å². The van der Waals surface area contributed by atoms with Crippen LogP contribution >= 0.6 is 0 Å². The average molecular weight is 244 g/mol. The average Bonchev–Trinajstić information content (AvgIpc) is 2.12. The Morgan fingerprint density at radius 2 is 2.00 bits per heavy atom. The van der Waals surface area contributed by atoms with Gasteiger partial charge >= 0.3 is 0 Å². The second kappa shape index (κ2) is 4.95. The fraction of sp³-hybridized carbons (Fsp3) is 0.455. The minimum atomic E-state index is -4.18. The molecule has 90 valence electrons. The third-order valence-electron chi connectivity index (χ3n) is 2.33. The third kappa shape index (κ3) is 3.59. The number of aryl methyl sites for hydroxylation is 2. The van der Waals surface area contributed by atoms with E-state index in [1.165, 1.54) is 6.07 Å². The molecule has 0 saturated carbocycles. The fourth-order valence-corrected chi connectivity index (χ4v) is 2.25. The van der Waals surface area contributed by atoms with Crippen LogP contribution in [0.5, 0.6) is 0 Å². The summed E-state index contributed by atoms with van der Waals surface area (Å²) in [6.45, 7) is 3.49. The van der Waals surface area contributed by atoms with Gasteiger partial charge in [0.2, 0.25) is 0 Å². The van der Waals surface area contributed by atoms with Crippen molar-refractivity contribution >= 4 is 10.1 Å². The van der Waals surface area contributed by atoms with Gasteiger partial charge in [0.15, 0.2) is 0 Å². The summed E-state index contributed by atoms with van der Waals surface area (Å²) in [5, 5.41) is 9.16. The Morgan fingerprint density at radius 3 is 2.50 bits per heavy atom. The van der Waals surface area contributed by atoms with E-state index in [0.29, 0.717) is 18.4 Å². The van der Waals surface area contributed by atoms with Crippen molar-refractivity contribution in [2.45, 2.75) is 37.7 Å². The first-order valence-electron chi connectivity index (χ1n) is 5.06. The summed E-state index contributed by atoms with van der Waals surface area (Å²) in [4.78, 5) is -0.0706. The molecule has 0 aliphatic heterocycles. The molecule has 0 saturated heterocycles. The van der Waals surface area contributed by atoms with Crippen LogP contribution in [-0.4, -0.2) is 24.2 Å². The smallest absolute Gasteiger partial charge is 0.294 e. The van der Waals surface area contributed by atoms with Crippen molar-refractivity contribution in [3.05, 3.63) is 29.3 Å². The topological polar surface area (TPSA) is 74.6 Å². The fourth-order valence-electron chi connectivity index (χ4n) is 1.52. The van der Waals surface area contributed by atoms with Gasteiger partial charge in [-0.1, -0.05) is 17.7 Å². The van der Waals surface area contributed by atoms with Gasteiger partial charge in [-0.25, -0.2) is 0 Å². The van der Waals surface area contributed by atoms with E-state index in [0.717, 1.165) is 5.56 Å². The predicted molar refractivity (Wildman–Crippen MR) is 61.0 cm³/mol. The van der Waals surface area contributed by atoms with Gasteiger partial charge in [0.25, 0.3) is 10.1 Å². The van der Waals surface area contributed by atoms with E-state index in [1.807, 2.05) is 6.92 Å². The second-order valence-electron chi connectivity index (χ2n) is 3.97. The first-order valence-corrected chi connectivity index (χ1v) is 6.50. The van der Waals surface area contributed by atoms with Crippen molar-refractivity contribution < 1.29 is 18.1 Å². The largest absolute Gasteiger partial charge is 0.393 e. The maximum absolute atomic E-state index is 11.1. The maximum Gasteiger partial charge on any atom is 0.294 e. The van der Waals surface area contributed by atoms with E-state index in [9.17, 15) is 8.42 Å². The van der Waals surface area contributed by atoms with E-state index in [4.69, 9.17) is 9.66 Å². The van der Waals surface area contributed by atoms with Crippen molar-refractivity contribution in [3.63, 3.8) is 0 Å². The Bertz CT molecular complexity index is 463. The molecule has 0 fully saturated rings. The number of benzene rings is 1. The lowest BCUT2D eigenvalue weighted by Crippen LogP contribution is -2.07. The van der Waals surface area contributed by atoms with Crippen LogP contribution in [0.3, 0.4) is 0 Å². The first-order chi connectivity index (χ1) is 7.30. The number of aliphatic hydroxyl groups is 1. The lowest BCUT2D eigenvalue weighted by atomic mass is 10.1. The monoisotopic (exact) mass is 244 g/mol. The number of aliphatic hydroxyl groups excluding tert-OH is 1. The van der Waals surface area contributed by atoms with Crippen molar-refractivity contribution in [3.8, 4) is 0 Å². The highest BCUT2D eigenvalue weighted by atomic mass is 32.2. The molecule has 1 aromatic rings. The van der Waals surface area contributed by atoms with Crippen molar-refractivity contribution in [1.29, 1.82) is 0 Å². The summed E-state index contributed by atoms with van der Waals surface area (Å²) in [6, 6.07) is 4.74. The van der Waals surface area contributed by atoms with E-state index >= 15 is 0 Å². The predicted octanol–water partition coefficient (Wildman–Crippen LogP) is 1.56. The van der Waals surface area contributed by atoms with Crippen LogP contribution in [0.4, 0.5) is 0 Å². The summed E-state index contributed by atoms with van der Waals surface area (Å²) < 4.78 is 31.2. The van der Waals surface area contributed by atoms with Gasteiger partial charge in [-0.05, 0) is 38.3 Å². The molecule has 0 aromatic heterocycles. The zero-order valence-electron chi connectivity index (χ0n) is 9.34. The second-order valence-corrected chi connectivity index (χ2v) is 5.36. The van der Waals surface area contributed by atoms with E-state index in [-0.39, 0.29) is 4.90 Å². The maximum atomic E-state index is 11.1. The molecule has 0 aliphatic rings. The Kier molecular flexibility index (Phi) is 4.07. The van der Waals surface area contributed by atoms with Gasteiger partial charge in [0.1, 0.15) is 0 Å². The Labute approximate surface area is 95.7 Å². The molecule has 1 rings (SSSR count). The Hall–Kier alpha value is -0.910. The Balaban J connectivity index is 3.09. The molecule has 1 atom stereocenters. The third-order valence-corrected chi connectivity index (χ3v) is 3.28. The molecule has 2 N–H and O–H groups in total. The van der Waals surface area contributed by atoms with Crippen molar-refractivity contribution in [1.82, 2.24) is 0 Å². The zero-order chi connectivity index (χ0) is 12.3. The van der Waals surface area contributed by atoms with Gasteiger partial charge in [-0.15, -0.1) is 0 Å². The number of rotatable bonds is 4. The molecular weight excluding hydrogens is 228 g/mol. The highest BCUT2D eigenvalue weighted by Gasteiger charge is 2.15. The quantitative estimate of drug-likeness (QED) is 0.788. The van der Waals surface area contributed by atoms with Crippen LogP contribution in [0.25, 0.3) is 0 Å². The lowest BCUT2D eigenvalue weighted by molar-refractivity contribution is 0.184. The van der Waals surface area contributed by atoms with Crippen LogP contribution in [0.2, 0.25) is 0 Å². The minimum absolute atomic E-state index is 0.0706. The highest BCUT2D eigenvalue weighted by Crippen LogP contribution is 2.19. The normalized spacial score (nSPS) is 13.8. The van der Waals surface area contributed by atoms with Crippen molar-refractivity contribution in [2.75, 3.05) is 0 Å². The molecular formula is C11H16O4S. The van der Waals surface area contributed by atoms with Gasteiger partial charge < -0.3 is 5.11 Å². The van der Waals surface area contributed by atoms with Crippen LogP contribution in [-0.2, 0) is 16.5 Å². The van der Waals surface area contributed by atoms with Crippen LogP contribution in [0, 0.1) is 6.92 Å². The van der Waals surface area contributed by atoms with Crippen LogP contribution < -0.4 is 0 Å². The highest BCUT2D eigenvalue weighted by molar-refractivity contribution is 7.85. The van der Waals surface area contributed by atoms with E-state index < -0.39 is 16.2 Å². The van der Waals surface area contributed by atoms with Gasteiger partial charge in [0.05, 0.1) is 11.0 Å². The molecule has 0 aliphatic carbocycles. The SMILES string of the molecule is Cc1ccc(S(=O)(=O)O)c(CCC(C)O)c1. The molecule has 0 amide bonds. The number of hydrogen-bond donors (Lipinski definition) is 2. The summed E-state index contributed by atoms with van der Waals surface area (Å²) in [5.41, 5.74) is 1.47. The molecule has 0 radical (unpaired) electrons. The molecule has 0 heterocycles. The first kappa shape index (κ1) is 13.2. The summed E-state index contributed by atoms with van der Waals surface area (Å²) >= 11 is 0. The summed E-state index contributed by atoms with van der Waals surface area (Å²) in [5.74, 6) is 0. The van der Waals surface area contributed by atoms with Gasteiger partial charge in [-0.2, -0.15) is 8.42 Å². The molecule has 0 spiro atoms. The van der Waals surface area contributed by atoms with Crippen LogP contribution in [0.1, 0.15) is 24.5 Å². The standard InChI is InChI=1S/C11H16O4S/c1-8-3-6-11(16(13,14)15)10(7-8)5-4-9(2)12/h3,6-7,9,12H,4-5H2,1-2H3,(H,13,14,15). The zero-order valence-corrected chi connectivity index (χ0v) is 10.2. The summed E-state index contributed by atoms with van der Waals surface area (Å²) in [7, 11) is -4.18. The van der Waals surface area contributed by atoms with Crippen LogP contribution in [0.15, 0.2) is 23.1 Å². The van der Waals surface area contributed by atoms with Crippen molar-refractivity contribution in [2.24, 2.45) is 0 Å². The number of hydrogen-bond acceptors (Lipinski definition) is 3. The molecule has 4 nitrogen and oxygen atoms in total. The Morgan fingerprint density at radius 1 is 1.38 bits per heavy atom. The minimum Gasteiger partial charge on any atom is -0.393 e. The molecule has 1 unspecified atom stereocenters. The summed E-state index contributed by atoms with van der Waals surface area (Å²) in [6.07, 6.45) is 0.398. The van der Waals surface area contributed by atoms with E-state index in [2.05, 4.69) is 0 Å². The lowest BCUT2D eigenvalue weighted by Gasteiger charge is -2.09. The molecule has 5 heteroatoms. The molecule has 1 aromatic carbocycles. The van der Waals surface area contributed by atoms with Gasteiger partial charge in [0, 0.05) is 0 Å². The molecule has 0 bridgehead atoms. The van der Waals surface area contributed by atoms with E-state index in [1.54, 1.807) is 19.1 Å². The molecule has 16 heavy (non-hydrogen) atoms.